The number of nitrogens with two attached hydrogens (primary N) is 1. The predicted octanol–water partition coefficient (Wildman–Crippen LogP) is 2.24. The average Bonchev–Trinajstić information content (AvgIpc) is 2.46. The third kappa shape index (κ3) is 1.62. The van der Waals surface area contributed by atoms with Crippen LogP contribution in [0.25, 0.3) is 5.65 Å². The van der Waals surface area contributed by atoms with Crippen LogP contribution in [0.15, 0.2) is 18.5 Å². The number of rotatable bonds is 0. The number of pyridine rings is 1. The summed E-state index contributed by atoms with van der Waals surface area (Å²) in [5, 5.41) is 0. The molecule has 0 fully saturated rings. The number of hydrogen-bond acceptors (Lipinski definition) is 2. The van der Waals surface area contributed by atoms with E-state index >= 15 is 0 Å². The summed E-state index contributed by atoms with van der Waals surface area (Å²) in [6.07, 6.45) is -2.09. The van der Waals surface area contributed by atoms with E-state index < -0.39 is 11.9 Å². The lowest BCUT2D eigenvalue weighted by molar-refractivity contribution is -0.140. The maximum absolute atomic E-state index is 12.4. The molecule has 2 rings (SSSR count). The fourth-order valence-corrected chi connectivity index (χ4v) is 1.43. The Kier molecular flexibility index (Phi) is 1.89. The number of aryl methyl sites for hydroxylation is 1. The molecule has 2 N–H and O–H groups in total. The highest BCUT2D eigenvalue weighted by Gasteiger charge is 2.34. The molecule has 0 aliphatic heterocycles. The quantitative estimate of drug-likeness (QED) is 0.732. The molecule has 0 saturated heterocycles. The highest BCUT2D eigenvalue weighted by Crippen LogP contribution is 2.29. The number of anilines is 1. The molecule has 15 heavy (non-hydrogen) atoms. The summed E-state index contributed by atoms with van der Waals surface area (Å²) < 4.78 is 38.3. The number of imidazole rings is 1. The fourth-order valence-electron chi connectivity index (χ4n) is 1.43. The second-order valence-electron chi connectivity index (χ2n) is 3.31. The van der Waals surface area contributed by atoms with Gasteiger partial charge in [-0.2, -0.15) is 13.2 Å². The van der Waals surface area contributed by atoms with Gasteiger partial charge in [0.1, 0.15) is 5.65 Å². The van der Waals surface area contributed by atoms with Gasteiger partial charge in [0.2, 0.25) is 0 Å². The summed E-state index contributed by atoms with van der Waals surface area (Å²) in [6.45, 7) is 1.67. The van der Waals surface area contributed by atoms with Gasteiger partial charge in [0.25, 0.3) is 0 Å². The van der Waals surface area contributed by atoms with Gasteiger partial charge in [0.05, 0.1) is 0 Å². The number of halogens is 3. The van der Waals surface area contributed by atoms with Crippen molar-refractivity contribution in [2.75, 3.05) is 5.73 Å². The standard InChI is InChI=1S/C9H8F3N3/c1-5-2-6(13)3-15-4-7(9(10,11)12)14-8(5)15/h2-4H,13H2,1H3. The molecule has 0 bridgehead atoms. The van der Waals surface area contributed by atoms with Crippen molar-refractivity contribution < 1.29 is 13.2 Å². The van der Waals surface area contributed by atoms with Gasteiger partial charge >= 0.3 is 6.18 Å². The summed E-state index contributed by atoms with van der Waals surface area (Å²) in [4.78, 5) is 3.51. The molecular formula is C9H8F3N3. The van der Waals surface area contributed by atoms with E-state index in [-0.39, 0.29) is 5.65 Å². The van der Waals surface area contributed by atoms with Crippen LogP contribution in [0.5, 0.6) is 0 Å². The Bertz CT molecular complexity index is 513. The highest BCUT2D eigenvalue weighted by molar-refractivity contribution is 5.55. The third-order valence-corrected chi connectivity index (χ3v) is 2.05. The Morgan fingerprint density at radius 2 is 2.00 bits per heavy atom. The van der Waals surface area contributed by atoms with E-state index in [2.05, 4.69) is 4.98 Å². The van der Waals surface area contributed by atoms with E-state index in [0.29, 0.717) is 11.3 Å². The van der Waals surface area contributed by atoms with E-state index in [4.69, 9.17) is 5.73 Å². The molecule has 2 aromatic rings. The number of fused-ring (bicyclic) bond motifs is 1. The zero-order chi connectivity index (χ0) is 11.2. The zero-order valence-corrected chi connectivity index (χ0v) is 7.84. The molecule has 0 aliphatic rings. The van der Waals surface area contributed by atoms with Crippen molar-refractivity contribution in [2.45, 2.75) is 13.1 Å². The van der Waals surface area contributed by atoms with Crippen molar-refractivity contribution in [3.8, 4) is 0 Å². The van der Waals surface area contributed by atoms with Crippen molar-refractivity contribution >= 4 is 11.3 Å². The first-order valence-corrected chi connectivity index (χ1v) is 4.20. The van der Waals surface area contributed by atoms with Crippen molar-refractivity contribution in [1.29, 1.82) is 0 Å². The van der Waals surface area contributed by atoms with Crippen LogP contribution in [0.2, 0.25) is 0 Å². The van der Waals surface area contributed by atoms with Crippen molar-refractivity contribution in [2.24, 2.45) is 0 Å². The second kappa shape index (κ2) is 2.88. The summed E-state index contributed by atoms with van der Waals surface area (Å²) in [5.74, 6) is 0. The molecule has 2 heterocycles. The average molecular weight is 215 g/mol. The number of hydrogen-bond donors (Lipinski definition) is 1. The van der Waals surface area contributed by atoms with Crippen LogP contribution in [-0.2, 0) is 6.18 Å². The number of aromatic nitrogens is 2. The highest BCUT2D eigenvalue weighted by atomic mass is 19.4. The first kappa shape index (κ1) is 9.82. The Hall–Kier alpha value is -1.72. The predicted molar refractivity (Wildman–Crippen MR) is 49.3 cm³/mol. The molecule has 0 atom stereocenters. The topological polar surface area (TPSA) is 43.3 Å². The van der Waals surface area contributed by atoms with Gasteiger partial charge in [-0.15, -0.1) is 0 Å². The lowest BCUT2D eigenvalue weighted by Gasteiger charge is -1.98. The number of alkyl halides is 3. The van der Waals surface area contributed by atoms with Crippen LogP contribution < -0.4 is 5.73 Å². The zero-order valence-electron chi connectivity index (χ0n) is 7.84. The van der Waals surface area contributed by atoms with E-state index in [0.717, 1.165) is 6.20 Å². The number of nitrogen functional groups attached to an aromatic ring is 1. The lowest BCUT2D eigenvalue weighted by atomic mass is 10.3. The smallest absolute Gasteiger partial charge is 0.398 e. The Morgan fingerprint density at radius 3 is 2.60 bits per heavy atom. The molecule has 0 saturated carbocycles. The minimum Gasteiger partial charge on any atom is -0.398 e. The fraction of sp³-hybridized carbons (Fsp3) is 0.222. The second-order valence-corrected chi connectivity index (χ2v) is 3.31. The van der Waals surface area contributed by atoms with Gasteiger partial charge in [-0.05, 0) is 18.6 Å². The van der Waals surface area contributed by atoms with E-state index in [1.165, 1.54) is 10.6 Å². The molecule has 2 aromatic heterocycles. The molecule has 3 nitrogen and oxygen atoms in total. The minimum absolute atomic E-state index is 0.275. The summed E-state index contributed by atoms with van der Waals surface area (Å²) >= 11 is 0. The molecule has 80 valence electrons. The van der Waals surface area contributed by atoms with Gasteiger partial charge in [0.15, 0.2) is 5.69 Å². The molecule has 0 aliphatic carbocycles. The molecule has 0 unspecified atom stereocenters. The van der Waals surface area contributed by atoms with E-state index in [1.54, 1.807) is 13.0 Å². The normalized spacial score (nSPS) is 12.3. The maximum Gasteiger partial charge on any atom is 0.434 e. The van der Waals surface area contributed by atoms with Gasteiger partial charge in [0, 0.05) is 18.1 Å². The van der Waals surface area contributed by atoms with E-state index in [9.17, 15) is 13.2 Å². The van der Waals surface area contributed by atoms with Crippen molar-refractivity contribution in [3.05, 3.63) is 29.7 Å². The Labute approximate surface area is 83.3 Å². The first-order chi connectivity index (χ1) is 6.88. The van der Waals surface area contributed by atoms with Crippen LogP contribution in [0.4, 0.5) is 18.9 Å². The SMILES string of the molecule is Cc1cc(N)cn2cc(C(F)(F)F)nc12. The van der Waals surface area contributed by atoms with E-state index in [1.807, 2.05) is 0 Å². The maximum atomic E-state index is 12.4. The van der Waals surface area contributed by atoms with Gasteiger partial charge in [-0.3, -0.25) is 0 Å². The molecule has 0 amide bonds. The van der Waals surface area contributed by atoms with Crippen LogP contribution in [0.3, 0.4) is 0 Å². The minimum atomic E-state index is -4.42. The van der Waals surface area contributed by atoms with Crippen LogP contribution >= 0.6 is 0 Å². The van der Waals surface area contributed by atoms with Gasteiger partial charge in [-0.1, -0.05) is 0 Å². The Morgan fingerprint density at radius 1 is 1.33 bits per heavy atom. The Balaban J connectivity index is 2.71. The van der Waals surface area contributed by atoms with Crippen molar-refractivity contribution in [3.63, 3.8) is 0 Å². The summed E-state index contributed by atoms with van der Waals surface area (Å²) in [6, 6.07) is 1.59. The van der Waals surface area contributed by atoms with Crippen LogP contribution in [0.1, 0.15) is 11.3 Å². The molecule has 0 radical (unpaired) electrons. The molecule has 6 heteroatoms. The monoisotopic (exact) mass is 215 g/mol. The largest absolute Gasteiger partial charge is 0.434 e. The van der Waals surface area contributed by atoms with Gasteiger partial charge < -0.3 is 10.1 Å². The molecule has 0 spiro atoms. The van der Waals surface area contributed by atoms with Crippen molar-refractivity contribution in [1.82, 2.24) is 9.38 Å². The van der Waals surface area contributed by atoms with Crippen LogP contribution in [-0.4, -0.2) is 9.38 Å². The first-order valence-electron chi connectivity index (χ1n) is 4.20. The van der Waals surface area contributed by atoms with Gasteiger partial charge in [-0.25, -0.2) is 4.98 Å². The lowest BCUT2D eigenvalue weighted by Crippen LogP contribution is -2.04. The number of nitrogens with zero attached hydrogens (tertiary/aromatic N) is 2. The third-order valence-electron chi connectivity index (χ3n) is 2.05. The van der Waals surface area contributed by atoms with Crippen LogP contribution in [0, 0.1) is 6.92 Å². The molecule has 0 aromatic carbocycles. The summed E-state index contributed by atoms with van der Waals surface area (Å²) in [5.41, 5.74) is 5.91. The summed E-state index contributed by atoms with van der Waals surface area (Å²) in [7, 11) is 0. The molecular weight excluding hydrogens is 207 g/mol.